The van der Waals surface area contributed by atoms with Crippen molar-refractivity contribution < 1.29 is 14.3 Å². The zero-order valence-corrected chi connectivity index (χ0v) is 16.1. The molecule has 28 heavy (non-hydrogen) atoms. The van der Waals surface area contributed by atoms with Crippen LogP contribution >= 0.6 is 11.6 Å². The van der Waals surface area contributed by atoms with Crippen molar-refractivity contribution in [2.75, 3.05) is 18.5 Å². The van der Waals surface area contributed by atoms with Gasteiger partial charge in [-0.25, -0.2) is 4.79 Å². The second-order valence-corrected chi connectivity index (χ2v) is 6.15. The Morgan fingerprint density at radius 2 is 1.89 bits per heavy atom. The monoisotopic (exact) mass is 397 g/mol. The van der Waals surface area contributed by atoms with E-state index in [1.165, 1.54) is 6.20 Å². The second kappa shape index (κ2) is 10.8. The third-order valence-corrected chi connectivity index (χ3v) is 4.02. The topological polar surface area (TPSA) is 91.2 Å². The van der Waals surface area contributed by atoms with Gasteiger partial charge >= 0.3 is 5.97 Å². The summed E-state index contributed by atoms with van der Waals surface area (Å²) >= 11 is 5.86. The first-order chi connectivity index (χ1) is 13.5. The molecule has 0 saturated heterocycles. The summed E-state index contributed by atoms with van der Waals surface area (Å²) in [6.07, 6.45) is 1.90. The van der Waals surface area contributed by atoms with Crippen LogP contribution in [-0.4, -0.2) is 25.0 Å². The summed E-state index contributed by atoms with van der Waals surface area (Å²) in [6.45, 7) is 2.28. The number of hydrogen-bond acceptors (Lipinski definition) is 5. The molecule has 0 bridgehead atoms. The zero-order chi connectivity index (χ0) is 20.4. The van der Waals surface area contributed by atoms with E-state index in [0.29, 0.717) is 29.2 Å². The van der Waals surface area contributed by atoms with E-state index in [-0.39, 0.29) is 18.1 Å². The normalized spacial score (nSPS) is 10.7. The van der Waals surface area contributed by atoms with Crippen LogP contribution in [-0.2, 0) is 16.0 Å². The molecule has 0 fully saturated rings. The van der Waals surface area contributed by atoms with Gasteiger partial charge in [0.05, 0.1) is 17.9 Å². The molecule has 0 aliphatic heterocycles. The van der Waals surface area contributed by atoms with Crippen molar-refractivity contribution in [1.29, 1.82) is 5.26 Å². The number of nitriles is 1. The molecule has 2 N–H and O–H groups in total. The molecule has 0 aliphatic carbocycles. The fraction of sp³-hybridized carbons (Fsp3) is 0.190. The molecule has 0 heterocycles. The Bertz CT molecular complexity index is 902. The number of anilines is 1. The summed E-state index contributed by atoms with van der Waals surface area (Å²) in [4.78, 5) is 24.2. The standard InChI is InChI=1S/C21H20ClN3O3/c1-2-28-21(27)16(13-23)14-25-19-6-4-3-5-18(19)20(26)24-12-11-15-7-9-17(22)10-8-15/h3-10,14,25H,2,11-12H2,1H3,(H,24,26). The molecule has 0 atom stereocenters. The van der Waals surface area contributed by atoms with E-state index in [4.69, 9.17) is 21.6 Å². The molecule has 0 aliphatic rings. The van der Waals surface area contributed by atoms with Gasteiger partial charge in [-0.2, -0.15) is 5.26 Å². The fourth-order valence-corrected chi connectivity index (χ4v) is 2.50. The lowest BCUT2D eigenvalue weighted by atomic mass is 10.1. The SMILES string of the molecule is CCOC(=O)C(C#N)=CNc1ccccc1C(=O)NCCc1ccc(Cl)cc1. The summed E-state index contributed by atoms with van der Waals surface area (Å²) in [5.41, 5.74) is 1.76. The molecule has 2 aromatic rings. The van der Waals surface area contributed by atoms with E-state index < -0.39 is 5.97 Å². The lowest BCUT2D eigenvalue weighted by molar-refractivity contribution is -0.138. The summed E-state index contributed by atoms with van der Waals surface area (Å²) in [7, 11) is 0. The molecular weight excluding hydrogens is 378 g/mol. The van der Waals surface area contributed by atoms with E-state index >= 15 is 0 Å². The van der Waals surface area contributed by atoms with Gasteiger partial charge in [0.1, 0.15) is 6.07 Å². The Morgan fingerprint density at radius 1 is 1.18 bits per heavy atom. The maximum Gasteiger partial charge on any atom is 0.350 e. The van der Waals surface area contributed by atoms with Crippen LogP contribution in [0.2, 0.25) is 5.02 Å². The lowest BCUT2D eigenvalue weighted by Gasteiger charge is -2.10. The van der Waals surface area contributed by atoms with Crippen LogP contribution in [0.15, 0.2) is 60.3 Å². The minimum absolute atomic E-state index is 0.171. The van der Waals surface area contributed by atoms with Gasteiger partial charge in [-0.15, -0.1) is 0 Å². The number of ether oxygens (including phenoxy) is 1. The van der Waals surface area contributed by atoms with Crippen LogP contribution in [0.4, 0.5) is 5.69 Å². The third-order valence-electron chi connectivity index (χ3n) is 3.77. The highest BCUT2D eigenvalue weighted by Crippen LogP contribution is 2.16. The minimum atomic E-state index is -0.720. The average Bonchev–Trinajstić information content (AvgIpc) is 2.70. The quantitative estimate of drug-likeness (QED) is 0.402. The molecule has 2 aromatic carbocycles. The smallest absolute Gasteiger partial charge is 0.350 e. The summed E-state index contributed by atoms with van der Waals surface area (Å²) in [5.74, 6) is -0.984. The van der Waals surface area contributed by atoms with Crippen molar-refractivity contribution >= 4 is 29.2 Å². The van der Waals surface area contributed by atoms with Gasteiger partial charge < -0.3 is 15.4 Å². The second-order valence-electron chi connectivity index (χ2n) is 5.71. The van der Waals surface area contributed by atoms with Gasteiger partial charge in [-0.3, -0.25) is 4.79 Å². The Balaban J connectivity index is 2.01. The lowest BCUT2D eigenvalue weighted by Crippen LogP contribution is -2.26. The Morgan fingerprint density at radius 3 is 2.57 bits per heavy atom. The fourth-order valence-electron chi connectivity index (χ4n) is 2.37. The van der Waals surface area contributed by atoms with Crippen LogP contribution < -0.4 is 10.6 Å². The van der Waals surface area contributed by atoms with Crippen LogP contribution in [0, 0.1) is 11.3 Å². The Labute approximate surface area is 168 Å². The minimum Gasteiger partial charge on any atom is -0.462 e. The highest BCUT2D eigenvalue weighted by atomic mass is 35.5. The third kappa shape index (κ3) is 6.15. The van der Waals surface area contributed by atoms with Crippen LogP contribution in [0.25, 0.3) is 0 Å². The number of benzene rings is 2. The largest absolute Gasteiger partial charge is 0.462 e. The number of amides is 1. The molecule has 7 heteroatoms. The number of halogens is 1. The first-order valence-electron chi connectivity index (χ1n) is 8.70. The molecule has 0 saturated carbocycles. The predicted molar refractivity (Wildman–Crippen MR) is 108 cm³/mol. The van der Waals surface area contributed by atoms with E-state index in [2.05, 4.69) is 10.6 Å². The van der Waals surface area contributed by atoms with Crippen molar-refractivity contribution in [2.45, 2.75) is 13.3 Å². The number of para-hydroxylation sites is 1. The molecule has 2 rings (SSSR count). The Hall–Kier alpha value is -3.30. The molecule has 144 valence electrons. The maximum absolute atomic E-state index is 12.5. The van der Waals surface area contributed by atoms with Crippen LogP contribution in [0.1, 0.15) is 22.8 Å². The summed E-state index contributed by atoms with van der Waals surface area (Å²) in [5, 5.41) is 15.4. The zero-order valence-electron chi connectivity index (χ0n) is 15.4. The number of rotatable bonds is 8. The molecular formula is C21H20ClN3O3. The Kier molecular flexibility index (Phi) is 8.07. The van der Waals surface area contributed by atoms with Gasteiger partial charge in [-0.05, 0) is 43.2 Å². The molecule has 0 unspecified atom stereocenters. The van der Waals surface area contributed by atoms with Crippen molar-refractivity contribution in [3.05, 3.63) is 76.5 Å². The highest BCUT2D eigenvalue weighted by Gasteiger charge is 2.12. The first-order valence-corrected chi connectivity index (χ1v) is 9.08. The number of nitrogens with zero attached hydrogens (tertiary/aromatic N) is 1. The predicted octanol–water partition coefficient (Wildman–Crippen LogP) is 3.69. The molecule has 0 spiro atoms. The number of carbonyl (C=O) groups is 2. The molecule has 0 aromatic heterocycles. The van der Waals surface area contributed by atoms with Gasteiger partial charge in [0.25, 0.3) is 5.91 Å². The van der Waals surface area contributed by atoms with Crippen molar-refractivity contribution in [2.24, 2.45) is 0 Å². The molecule has 1 amide bonds. The summed E-state index contributed by atoms with van der Waals surface area (Å²) in [6, 6.07) is 16.0. The van der Waals surface area contributed by atoms with Gasteiger partial charge in [0.15, 0.2) is 5.57 Å². The maximum atomic E-state index is 12.5. The average molecular weight is 398 g/mol. The molecule has 0 radical (unpaired) electrons. The highest BCUT2D eigenvalue weighted by molar-refractivity contribution is 6.30. The number of nitrogens with one attached hydrogen (secondary N) is 2. The van der Waals surface area contributed by atoms with Crippen molar-refractivity contribution in [3.63, 3.8) is 0 Å². The summed E-state index contributed by atoms with van der Waals surface area (Å²) < 4.78 is 4.81. The van der Waals surface area contributed by atoms with E-state index in [9.17, 15) is 9.59 Å². The van der Waals surface area contributed by atoms with Gasteiger partial charge in [0.2, 0.25) is 0 Å². The molecule has 6 nitrogen and oxygen atoms in total. The van der Waals surface area contributed by atoms with Crippen molar-refractivity contribution in [3.8, 4) is 6.07 Å². The van der Waals surface area contributed by atoms with Gasteiger partial charge in [0, 0.05) is 17.8 Å². The number of hydrogen-bond donors (Lipinski definition) is 2. The number of esters is 1. The number of carbonyl (C=O) groups excluding carboxylic acids is 2. The van der Waals surface area contributed by atoms with Gasteiger partial charge in [-0.1, -0.05) is 35.9 Å². The van der Waals surface area contributed by atoms with Crippen molar-refractivity contribution in [1.82, 2.24) is 5.32 Å². The first kappa shape index (κ1) is 21.0. The van der Waals surface area contributed by atoms with E-state index in [0.717, 1.165) is 5.56 Å². The van der Waals surface area contributed by atoms with Crippen LogP contribution in [0.3, 0.4) is 0 Å². The van der Waals surface area contributed by atoms with Crippen LogP contribution in [0.5, 0.6) is 0 Å². The van der Waals surface area contributed by atoms with E-state index in [1.54, 1.807) is 49.4 Å². The van der Waals surface area contributed by atoms with E-state index in [1.807, 2.05) is 12.1 Å².